The summed E-state index contributed by atoms with van der Waals surface area (Å²) in [6, 6.07) is 4.69. The third-order valence-electron chi connectivity index (χ3n) is 2.31. The first-order chi connectivity index (χ1) is 8.58. The Morgan fingerprint density at radius 3 is 2.78 bits per heavy atom. The minimum atomic E-state index is -0.831. The van der Waals surface area contributed by atoms with Gasteiger partial charge in [-0.2, -0.15) is 0 Å². The van der Waals surface area contributed by atoms with E-state index < -0.39 is 11.7 Å². The topological polar surface area (TPSA) is 80.9 Å². The molecule has 2 aromatic heterocycles. The summed E-state index contributed by atoms with van der Waals surface area (Å²) in [5.41, 5.74) is 6.09. The molecule has 0 aromatic carbocycles. The summed E-state index contributed by atoms with van der Waals surface area (Å²) in [7, 11) is 0. The molecule has 0 bridgehead atoms. The van der Waals surface area contributed by atoms with Crippen molar-refractivity contribution in [3.63, 3.8) is 0 Å². The van der Waals surface area contributed by atoms with Crippen molar-refractivity contribution in [1.29, 1.82) is 0 Å². The molecule has 0 unspecified atom stereocenters. The van der Waals surface area contributed by atoms with E-state index in [0.717, 1.165) is 5.56 Å². The van der Waals surface area contributed by atoms with Crippen molar-refractivity contribution in [2.24, 2.45) is 0 Å². The molecule has 1 amide bonds. The van der Waals surface area contributed by atoms with Gasteiger partial charge in [-0.25, -0.2) is 14.4 Å². The number of aryl methyl sites for hydroxylation is 1. The Bertz CT molecular complexity index is 583. The summed E-state index contributed by atoms with van der Waals surface area (Å²) in [5, 5.41) is 2.48. The number of carbonyl (C=O) groups excluding carboxylic acids is 1. The Kier molecular flexibility index (Phi) is 3.18. The molecule has 0 aliphatic rings. The van der Waals surface area contributed by atoms with Gasteiger partial charge in [-0.3, -0.25) is 4.79 Å². The van der Waals surface area contributed by atoms with Gasteiger partial charge in [-0.1, -0.05) is 6.07 Å². The minimum Gasteiger partial charge on any atom is -0.381 e. The van der Waals surface area contributed by atoms with Crippen LogP contribution >= 0.6 is 0 Å². The summed E-state index contributed by atoms with van der Waals surface area (Å²) in [4.78, 5) is 19.3. The van der Waals surface area contributed by atoms with Gasteiger partial charge in [0.25, 0.3) is 5.91 Å². The van der Waals surface area contributed by atoms with Crippen LogP contribution in [0.25, 0.3) is 0 Å². The van der Waals surface area contributed by atoms with E-state index in [9.17, 15) is 9.18 Å². The van der Waals surface area contributed by atoms with Crippen molar-refractivity contribution >= 4 is 17.5 Å². The van der Waals surface area contributed by atoms with Crippen molar-refractivity contribution in [3.05, 3.63) is 47.5 Å². The van der Waals surface area contributed by atoms with E-state index in [4.69, 9.17) is 5.73 Å². The lowest BCUT2D eigenvalue weighted by molar-refractivity contribution is 0.102. The van der Waals surface area contributed by atoms with Gasteiger partial charge >= 0.3 is 0 Å². The zero-order valence-electron chi connectivity index (χ0n) is 9.64. The number of carbonyl (C=O) groups is 1. The fraction of sp³-hybridized carbons (Fsp3) is 0.0833. The number of amides is 1. The number of hydrogen-bond donors (Lipinski definition) is 2. The maximum absolute atomic E-state index is 13.6. The lowest BCUT2D eigenvalue weighted by Crippen LogP contribution is -2.16. The highest BCUT2D eigenvalue weighted by molar-refractivity contribution is 6.04. The molecule has 0 saturated heterocycles. The van der Waals surface area contributed by atoms with E-state index in [1.165, 1.54) is 12.3 Å². The maximum atomic E-state index is 13.6. The van der Waals surface area contributed by atoms with Gasteiger partial charge in [-0.05, 0) is 24.6 Å². The second kappa shape index (κ2) is 4.79. The Hall–Kier alpha value is -2.50. The maximum Gasteiger partial charge on any atom is 0.259 e. The van der Waals surface area contributed by atoms with Crippen LogP contribution in [0.1, 0.15) is 15.9 Å². The quantitative estimate of drug-likeness (QED) is 0.846. The summed E-state index contributed by atoms with van der Waals surface area (Å²) >= 11 is 0. The van der Waals surface area contributed by atoms with Crippen LogP contribution in [0.3, 0.4) is 0 Å². The number of nitrogens with two attached hydrogens (primary N) is 1. The van der Waals surface area contributed by atoms with Gasteiger partial charge in [0, 0.05) is 12.4 Å². The van der Waals surface area contributed by atoms with Crippen molar-refractivity contribution in [2.45, 2.75) is 6.92 Å². The fourth-order valence-corrected chi connectivity index (χ4v) is 1.36. The standard InChI is InChI=1S/C12H11FN4O/c1-7-2-3-9(16-6-7)17-12(18)8-4-5-15-11(14)10(8)13/h2-6H,1H3,(H2,14,15)(H,16,17,18). The number of rotatable bonds is 2. The first kappa shape index (κ1) is 12.0. The van der Waals surface area contributed by atoms with E-state index in [-0.39, 0.29) is 11.4 Å². The van der Waals surface area contributed by atoms with E-state index >= 15 is 0 Å². The molecule has 0 aliphatic carbocycles. The van der Waals surface area contributed by atoms with Crippen LogP contribution in [0.15, 0.2) is 30.6 Å². The van der Waals surface area contributed by atoms with Crippen LogP contribution in [0.4, 0.5) is 16.0 Å². The number of halogens is 1. The molecule has 0 atom stereocenters. The average Bonchev–Trinajstić information content (AvgIpc) is 2.35. The highest BCUT2D eigenvalue weighted by Gasteiger charge is 2.14. The Labute approximate surface area is 103 Å². The van der Waals surface area contributed by atoms with E-state index in [2.05, 4.69) is 15.3 Å². The fourth-order valence-electron chi connectivity index (χ4n) is 1.36. The first-order valence-corrected chi connectivity index (χ1v) is 5.22. The van der Waals surface area contributed by atoms with Crippen LogP contribution in [-0.2, 0) is 0 Å². The Morgan fingerprint density at radius 1 is 1.33 bits per heavy atom. The zero-order valence-corrected chi connectivity index (χ0v) is 9.64. The van der Waals surface area contributed by atoms with Crippen LogP contribution in [0.2, 0.25) is 0 Å². The molecule has 5 nitrogen and oxygen atoms in total. The molecule has 6 heteroatoms. The molecule has 18 heavy (non-hydrogen) atoms. The number of aromatic nitrogens is 2. The van der Waals surface area contributed by atoms with Crippen LogP contribution in [0, 0.1) is 12.7 Å². The predicted molar refractivity (Wildman–Crippen MR) is 65.5 cm³/mol. The highest BCUT2D eigenvalue weighted by Crippen LogP contribution is 2.13. The molecular formula is C12H11FN4O. The highest BCUT2D eigenvalue weighted by atomic mass is 19.1. The van der Waals surface area contributed by atoms with Crippen LogP contribution < -0.4 is 11.1 Å². The molecule has 2 rings (SSSR count). The smallest absolute Gasteiger partial charge is 0.259 e. The molecule has 0 radical (unpaired) electrons. The van der Waals surface area contributed by atoms with E-state index in [1.54, 1.807) is 18.3 Å². The first-order valence-electron chi connectivity index (χ1n) is 5.22. The van der Waals surface area contributed by atoms with E-state index in [1.807, 2.05) is 6.92 Å². The summed E-state index contributed by atoms with van der Waals surface area (Å²) in [6.07, 6.45) is 2.88. The normalized spacial score (nSPS) is 10.1. The van der Waals surface area contributed by atoms with Gasteiger partial charge in [0.1, 0.15) is 5.82 Å². The van der Waals surface area contributed by atoms with Crippen molar-refractivity contribution in [3.8, 4) is 0 Å². The average molecular weight is 246 g/mol. The Balaban J connectivity index is 2.22. The van der Waals surface area contributed by atoms with E-state index in [0.29, 0.717) is 5.82 Å². The number of anilines is 2. The van der Waals surface area contributed by atoms with Crippen molar-refractivity contribution in [1.82, 2.24) is 9.97 Å². The molecular weight excluding hydrogens is 235 g/mol. The zero-order chi connectivity index (χ0) is 13.1. The summed E-state index contributed by atoms with van der Waals surface area (Å²) in [6.45, 7) is 1.88. The second-order valence-electron chi connectivity index (χ2n) is 3.73. The van der Waals surface area contributed by atoms with Crippen LogP contribution in [0.5, 0.6) is 0 Å². The Morgan fingerprint density at radius 2 is 2.11 bits per heavy atom. The summed E-state index contributed by atoms with van der Waals surface area (Å²) in [5.74, 6) is -1.40. The molecule has 2 heterocycles. The summed E-state index contributed by atoms with van der Waals surface area (Å²) < 4.78 is 13.6. The molecule has 0 saturated carbocycles. The second-order valence-corrected chi connectivity index (χ2v) is 3.73. The van der Waals surface area contributed by atoms with Gasteiger partial charge in [0.05, 0.1) is 5.56 Å². The number of nitrogens with zero attached hydrogens (tertiary/aromatic N) is 2. The largest absolute Gasteiger partial charge is 0.381 e. The monoisotopic (exact) mass is 246 g/mol. The van der Waals surface area contributed by atoms with Crippen LogP contribution in [-0.4, -0.2) is 15.9 Å². The number of hydrogen-bond acceptors (Lipinski definition) is 4. The number of nitrogens with one attached hydrogen (secondary N) is 1. The molecule has 92 valence electrons. The third-order valence-corrected chi connectivity index (χ3v) is 2.31. The van der Waals surface area contributed by atoms with Crippen molar-refractivity contribution < 1.29 is 9.18 Å². The van der Waals surface area contributed by atoms with Crippen molar-refractivity contribution in [2.75, 3.05) is 11.1 Å². The number of pyridine rings is 2. The lowest BCUT2D eigenvalue weighted by atomic mass is 10.2. The van der Waals surface area contributed by atoms with Gasteiger partial charge < -0.3 is 11.1 Å². The van der Waals surface area contributed by atoms with Gasteiger partial charge in [-0.15, -0.1) is 0 Å². The molecule has 2 aromatic rings. The molecule has 0 spiro atoms. The number of nitrogen functional groups attached to an aromatic ring is 1. The van der Waals surface area contributed by atoms with Gasteiger partial charge in [0.2, 0.25) is 0 Å². The van der Waals surface area contributed by atoms with Gasteiger partial charge in [0.15, 0.2) is 11.6 Å². The lowest BCUT2D eigenvalue weighted by Gasteiger charge is -2.06. The molecule has 0 aliphatic heterocycles. The minimum absolute atomic E-state index is 0.162. The third kappa shape index (κ3) is 2.42. The molecule has 0 fully saturated rings. The SMILES string of the molecule is Cc1ccc(NC(=O)c2ccnc(N)c2F)nc1. The molecule has 3 N–H and O–H groups in total. The predicted octanol–water partition coefficient (Wildman–Crippen LogP) is 1.76.